The van der Waals surface area contributed by atoms with Gasteiger partial charge in [0.1, 0.15) is 6.73 Å². The van der Waals surface area contributed by atoms with Gasteiger partial charge in [0, 0.05) is 20.4 Å². The summed E-state index contributed by atoms with van der Waals surface area (Å²) in [6.45, 7) is 8.28. The maximum atomic E-state index is 13.2. The number of nitrogens with zero attached hydrogens (tertiary/aromatic N) is 4. The molecule has 0 unspecified atom stereocenters. The van der Waals surface area contributed by atoms with Crippen molar-refractivity contribution in [2.45, 2.75) is 82.5 Å². The molecule has 0 saturated carbocycles. The molecule has 10 heteroatoms. The lowest BCUT2D eigenvalue weighted by Crippen LogP contribution is -2.23. The van der Waals surface area contributed by atoms with Crippen LogP contribution in [0.15, 0.2) is 11.2 Å². The number of sulfone groups is 1. The average Bonchev–Trinajstić information content (AvgIpc) is 3.49. The first-order valence-corrected chi connectivity index (χ1v) is 18.2. The van der Waals surface area contributed by atoms with Gasteiger partial charge in [-0.1, -0.05) is 25.7 Å². The van der Waals surface area contributed by atoms with Crippen LogP contribution in [0.3, 0.4) is 0 Å². The second kappa shape index (κ2) is 10.7. The summed E-state index contributed by atoms with van der Waals surface area (Å²) in [6.07, 6.45) is 7.16. The first kappa shape index (κ1) is 26.3. The normalized spacial score (nSPS) is 15.6. The fourth-order valence-electron chi connectivity index (χ4n) is 4.97. The van der Waals surface area contributed by atoms with Crippen molar-refractivity contribution in [3.05, 3.63) is 28.3 Å². The number of hydrogen-bond acceptors (Lipinski definition) is 7. The maximum absolute atomic E-state index is 13.2. The molecule has 2 aliphatic rings. The molecule has 0 atom stereocenters. The largest absolute Gasteiger partial charge is 0.359 e. The molecule has 1 aromatic heterocycles. The average molecular weight is 520 g/mol. The van der Waals surface area contributed by atoms with Crippen LogP contribution in [0.25, 0.3) is 0 Å². The molecule has 0 amide bonds. The van der Waals surface area contributed by atoms with Gasteiger partial charge >= 0.3 is 0 Å². The molecule has 1 N–H and O–H groups in total. The highest BCUT2D eigenvalue weighted by Gasteiger charge is 2.28. The zero-order chi connectivity index (χ0) is 25.2. The summed E-state index contributed by atoms with van der Waals surface area (Å²) in [5.74, 6) is 0.383. The van der Waals surface area contributed by atoms with Crippen molar-refractivity contribution >= 4 is 29.5 Å². The number of nitrogens with one attached hydrogen (secondary N) is 1. The Kier molecular flexibility index (Phi) is 8.04. The summed E-state index contributed by atoms with van der Waals surface area (Å²) in [4.78, 5) is 6.51. The van der Waals surface area contributed by atoms with Gasteiger partial charge in [0.15, 0.2) is 0 Å². The maximum Gasteiger partial charge on any atom is 0.249 e. The van der Waals surface area contributed by atoms with Crippen molar-refractivity contribution in [3.8, 4) is 0 Å². The topological polar surface area (TPSA) is 89.4 Å². The standard InChI is InChI=1S/C25H41N5O3SSi/c1-29(2)13-8-15-34(31,32)25-27-24(28-30(25)18-33-14-16-35(3,4)5)26-23-21-11-6-9-19(21)17-20-10-7-12-22(20)23/h17H,6-16,18H2,1-5H3,(H,26,28). The van der Waals surface area contributed by atoms with Crippen molar-refractivity contribution in [1.82, 2.24) is 19.7 Å². The van der Waals surface area contributed by atoms with E-state index in [4.69, 9.17) is 4.74 Å². The Balaban J connectivity index is 1.60. The quantitative estimate of drug-likeness (QED) is 0.334. The Morgan fingerprint density at radius 3 is 2.34 bits per heavy atom. The van der Waals surface area contributed by atoms with Crippen LogP contribution in [0, 0.1) is 0 Å². The third kappa shape index (κ3) is 6.52. The highest BCUT2D eigenvalue weighted by Crippen LogP contribution is 2.39. The minimum Gasteiger partial charge on any atom is -0.359 e. The van der Waals surface area contributed by atoms with E-state index in [1.54, 1.807) is 0 Å². The fourth-order valence-corrected chi connectivity index (χ4v) is 7.05. The van der Waals surface area contributed by atoms with Gasteiger partial charge in [-0.25, -0.2) is 13.1 Å². The first-order chi connectivity index (χ1) is 16.5. The minimum atomic E-state index is -3.60. The molecule has 4 rings (SSSR count). The predicted molar refractivity (Wildman–Crippen MR) is 143 cm³/mol. The summed E-state index contributed by atoms with van der Waals surface area (Å²) in [6, 6.07) is 3.40. The van der Waals surface area contributed by atoms with Gasteiger partial charge in [-0.3, -0.25) is 0 Å². The highest BCUT2D eigenvalue weighted by molar-refractivity contribution is 7.91. The lowest BCUT2D eigenvalue weighted by atomic mass is 9.99. The van der Waals surface area contributed by atoms with Crippen LogP contribution in [-0.4, -0.2) is 69.2 Å². The first-order valence-electron chi connectivity index (χ1n) is 12.9. The summed E-state index contributed by atoms with van der Waals surface area (Å²) in [5, 5.41) is 8.05. The van der Waals surface area contributed by atoms with Gasteiger partial charge < -0.3 is 15.0 Å². The number of rotatable bonds is 12. The molecule has 2 aromatic rings. The third-order valence-electron chi connectivity index (χ3n) is 6.85. The summed E-state index contributed by atoms with van der Waals surface area (Å²) < 4.78 is 33.8. The Hall–Kier alpha value is -1.75. The lowest BCUT2D eigenvalue weighted by molar-refractivity contribution is 0.0715. The third-order valence-corrected chi connectivity index (χ3v) is 10.2. The zero-order valence-electron chi connectivity index (χ0n) is 22.0. The van der Waals surface area contributed by atoms with Crippen molar-refractivity contribution < 1.29 is 13.2 Å². The number of benzene rings is 1. The smallest absolute Gasteiger partial charge is 0.249 e. The number of anilines is 2. The van der Waals surface area contributed by atoms with E-state index in [1.165, 1.54) is 26.9 Å². The number of ether oxygens (including phenoxy) is 1. The molecule has 0 saturated heterocycles. The van der Waals surface area contributed by atoms with Crippen molar-refractivity contribution in [2.24, 2.45) is 0 Å². The second-order valence-corrected chi connectivity index (χ2v) is 19.0. The van der Waals surface area contributed by atoms with E-state index in [0.29, 0.717) is 25.5 Å². The molecule has 2 aliphatic carbocycles. The lowest BCUT2D eigenvalue weighted by Gasteiger charge is -2.15. The number of aromatic nitrogens is 3. The Bertz CT molecular complexity index is 1120. The Labute approximate surface area is 211 Å². The number of hydrogen-bond donors (Lipinski definition) is 1. The summed E-state index contributed by atoms with van der Waals surface area (Å²) in [5.41, 5.74) is 6.64. The van der Waals surface area contributed by atoms with Crippen LogP contribution >= 0.6 is 0 Å². The van der Waals surface area contributed by atoms with E-state index in [1.807, 2.05) is 19.0 Å². The van der Waals surface area contributed by atoms with E-state index in [2.05, 4.69) is 41.1 Å². The summed E-state index contributed by atoms with van der Waals surface area (Å²) in [7, 11) is -0.951. The minimum absolute atomic E-state index is 0.00372. The van der Waals surface area contributed by atoms with Crippen LogP contribution in [0.4, 0.5) is 11.6 Å². The number of aryl methyl sites for hydroxylation is 2. The second-order valence-electron chi connectivity index (χ2n) is 11.4. The monoisotopic (exact) mass is 519 g/mol. The zero-order valence-corrected chi connectivity index (χ0v) is 23.8. The van der Waals surface area contributed by atoms with Crippen LogP contribution in [0.2, 0.25) is 25.7 Å². The molecule has 35 heavy (non-hydrogen) atoms. The van der Waals surface area contributed by atoms with Gasteiger partial charge in [0.2, 0.25) is 20.9 Å². The van der Waals surface area contributed by atoms with Gasteiger partial charge in [-0.2, -0.15) is 4.98 Å². The van der Waals surface area contributed by atoms with Gasteiger partial charge in [-0.05, 0) is 93.9 Å². The molecule has 8 nitrogen and oxygen atoms in total. The highest BCUT2D eigenvalue weighted by atomic mass is 32.2. The summed E-state index contributed by atoms with van der Waals surface area (Å²) >= 11 is 0. The van der Waals surface area contributed by atoms with E-state index in [0.717, 1.165) is 50.3 Å². The van der Waals surface area contributed by atoms with Crippen molar-refractivity contribution in [3.63, 3.8) is 0 Å². The molecule has 0 radical (unpaired) electrons. The Morgan fingerprint density at radius 1 is 1.09 bits per heavy atom. The molecule has 0 bridgehead atoms. The van der Waals surface area contributed by atoms with Crippen molar-refractivity contribution in [1.29, 1.82) is 0 Å². The molecule has 194 valence electrons. The van der Waals surface area contributed by atoms with Crippen molar-refractivity contribution in [2.75, 3.05) is 38.3 Å². The van der Waals surface area contributed by atoms with E-state index in [-0.39, 0.29) is 17.6 Å². The van der Waals surface area contributed by atoms with Crippen LogP contribution in [0.5, 0.6) is 0 Å². The Morgan fingerprint density at radius 2 is 1.74 bits per heavy atom. The molecular formula is C25H41N5O3SSi. The van der Waals surface area contributed by atoms with E-state index < -0.39 is 17.9 Å². The molecule has 0 aliphatic heterocycles. The van der Waals surface area contributed by atoms with Gasteiger partial charge in [0.25, 0.3) is 0 Å². The fraction of sp³-hybridized carbons (Fsp3) is 0.680. The molecular weight excluding hydrogens is 478 g/mol. The molecule has 0 fully saturated rings. The molecule has 0 spiro atoms. The van der Waals surface area contributed by atoms with Gasteiger partial charge in [0.05, 0.1) is 5.75 Å². The SMILES string of the molecule is CN(C)CCCS(=O)(=O)c1nc(Nc2c3c(cc4c2CCC4)CCC3)nn1COCC[Si](C)(C)C. The van der Waals surface area contributed by atoms with Crippen LogP contribution < -0.4 is 5.32 Å². The van der Waals surface area contributed by atoms with Gasteiger partial charge in [-0.15, -0.1) is 5.10 Å². The number of fused-ring (bicyclic) bond motifs is 2. The van der Waals surface area contributed by atoms with E-state index >= 15 is 0 Å². The van der Waals surface area contributed by atoms with Crippen LogP contribution in [-0.2, 0) is 47.0 Å². The molecule has 1 aromatic carbocycles. The van der Waals surface area contributed by atoms with Crippen LogP contribution in [0.1, 0.15) is 41.5 Å². The van der Waals surface area contributed by atoms with E-state index in [9.17, 15) is 8.42 Å². The molecule has 1 heterocycles. The predicted octanol–water partition coefficient (Wildman–Crippen LogP) is 4.04.